The van der Waals surface area contributed by atoms with Crippen molar-refractivity contribution in [2.75, 3.05) is 4.90 Å². The second kappa shape index (κ2) is 11.3. The van der Waals surface area contributed by atoms with Crippen LogP contribution in [0.1, 0.15) is 0 Å². The molecular weight excluding hydrogens is 687 g/mol. The fourth-order valence-corrected chi connectivity index (χ4v) is 15.8. The van der Waals surface area contributed by atoms with Crippen molar-refractivity contribution in [1.82, 2.24) is 0 Å². The first-order chi connectivity index (χ1) is 26.3. The van der Waals surface area contributed by atoms with Gasteiger partial charge in [0.05, 0.1) is 5.69 Å². The van der Waals surface area contributed by atoms with Crippen molar-refractivity contribution in [1.29, 1.82) is 0 Å². The summed E-state index contributed by atoms with van der Waals surface area (Å²) in [7, 11) is -3.88. The van der Waals surface area contributed by atoms with Gasteiger partial charge in [-0.05, 0) is 96.2 Å². The molecule has 2 aliphatic heterocycles. The Labute approximate surface area is 318 Å². The van der Waals surface area contributed by atoms with Gasteiger partial charge in [0.1, 0.15) is 27.3 Å². The van der Waals surface area contributed by atoms with Gasteiger partial charge in [0.15, 0.2) is 0 Å². The Bertz CT molecular complexity index is 3010. The number of fused-ring (bicyclic) bond motifs is 11. The number of hydrogen-bond acceptors (Lipinski definition) is 2. The van der Waals surface area contributed by atoms with Crippen LogP contribution in [0.3, 0.4) is 0 Å². The molecule has 0 saturated carbocycles. The fourth-order valence-electron chi connectivity index (χ4n) is 9.66. The van der Waals surface area contributed by atoms with Gasteiger partial charge < -0.3 is 9.32 Å². The van der Waals surface area contributed by atoms with E-state index in [0.717, 1.165) is 16.9 Å². The molecule has 9 aromatic rings. The quantitative estimate of drug-likeness (QED) is 0.168. The minimum Gasteiger partial charge on any atom is -0.455 e. The molecule has 0 aliphatic carbocycles. The minimum atomic E-state index is -2.07. The van der Waals surface area contributed by atoms with Crippen molar-refractivity contribution < 1.29 is 4.42 Å². The Morgan fingerprint density at radius 1 is 0.426 bits per heavy atom. The number of nitrogens with zero attached hydrogens (tertiary/aromatic N) is 1. The normalized spacial score (nSPS) is 14.6. The Hall–Kier alpha value is -5.95. The van der Waals surface area contributed by atoms with E-state index in [1.165, 1.54) is 87.0 Å². The summed E-state index contributed by atoms with van der Waals surface area (Å²) < 4.78 is 6.82. The number of furan rings is 1. The molecule has 0 atom stereocenters. The number of hydrogen-bond donors (Lipinski definition) is 0. The molecule has 0 spiro atoms. The van der Waals surface area contributed by atoms with E-state index >= 15 is 0 Å². The molecule has 0 N–H and O–H groups in total. The van der Waals surface area contributed by atoms with Gasteiger partial charge in [-0.3, -0.25) is 0 Å². The van der Waals surface area contributed by atoms with Crippen molar-refractivity contribution in [2.24, 2.45) is 0 Å². The summed E-state index contributed by atoms with van der Waals surface area (Å²) >= 11 is 0. The molecule has 0 amide bonds. The van der Waals surface area contributed by atoms with E-state index in [-0.39, 0.29) is 0 Å². The van der Waals surface area contributed by atoms with Crippen LogP contribution in [0, 0.1) is 0 Å². The summed E-state index contributed by atoms with van der Waals surface area (Å²) in [5.74, 6) is 0. The smallest absolute Gasteiger partial charge is 0.143 e. The van der Waals surface area contributed by atoms with Gasteiger partial charge >= 0.3 is 0 Å². The van der Waals surface area contributed by atoms with Crippen LogP contribution in [0.5, 0.6) is 0 Å². The van der Waals surface area contributed by atoms with Crippen LogP contribution >= 0.6 is 0 Å². The Morgan fingerprint density at radius 2 is 1.07 bits per heavy atom. The first-order valence-electron chi connectivity index (χ1n) is 19.0. The van der Waals surface area contributed by atoms with Crippen molar-refractivity contribution in [3.8, 4) is 33.4 Å². The molecule has 0 fully saturated rings. The van der Waals surface area contributed by atoms with Crippen molar-refractivity contribution in [2.45, 2.75) is 26.2 Å². The van der Waals surface area contributed by atoms with Gasteiger partial charge in [0, 0.05) is 33.3 Å². The molecular formula is C50H39NOSi2. The number of para-hydroxylation sites is 1. The van der Waals surface area contributed by atoms with Crippen molar-refractivity contribution in [3.63, 3.8) is 0 Å². The van der Waals surface area contributed by atoms with Gasteiger partial charge in [-0.15, -0.1) is 0 Å². The lowest BCUT2D eigenvalue weighted by Crippen LogP contribution is -2.49. The van der Waals surface area contributed by atoms with Crippen LogP contribution in [0.2, 0.25) is 26.2 Å². The van der Waals surface area contributed by atoms with Crippen molar-refractivity contribution in [3.05, 3.63) is 164 Å². The highest BCUT2D eigenvalue weighted by Gasteiger charge is 2.42. The Kier molecular flexibility index (Phi) is 6.60. The van der Waals surface area contributed by atoms with Crippen LogP contribution in [0.15, 0.2) is 168 Å². The molecule has 0 saturated heterocycles. The third-order valence-corrected chi connectivity index (χ3v) is 19.6. The largest absolute Gasteiger partial charge is 0.455 e. The van der Waals surface area contributed by atoms with Crippen LogP contribution in [-0.2, 0) is 0 Å². The van der Waals surface area contributed by atoms with E-state index in [4.69, 9.17) is 4.42 Å². The molecule has 2 nitrogen and oxygen atoms in total. The minimum absolute atomic E-state index is 0.941. The van der Waals surface area contributed by atoms with E-state index in [1.807, 2.05) is 0 Å². The lowest BCUT2D eigenvalue weighted by molar-refractivity contribution is 0.670. The highest BCUT2D eigenvalue weighted by atomic mass is 28.3. The van der Waals surface area contributed by atoms with E-state index < -0.39 is 16.1 Å². The summed E-state index contributed by atoms with van der Waals surface area (Å²) in [6.07, 6.45) is 0. The standard InChI is InChI=1S/C50H39NOSi2/c1-53(2)44-18-10-8-15-39(44)41-31-37(26-28-45(41)53)51(36-24-22-33(23-25-36)35-21-20-32-12-5-6-13-34(32)30-35)42-16-11-19-46-48(42)49-47(54(46,3)4)29-27-40-38-14-7-9-17-43(38)52-50(40)49/h5-31H,1-4H3. The summed E-state index contributed by atoms with van der Waals surface area (Å²) in [5, 5.41) is 10.8. The van der Waals surface area contributed by atoms with Crippen molar-refractivity contribution >= 4 is 86.7 Å². The second-order valence-corrected chi connectivity index (χ2v) is 24.8. The van der Waals surface area contributed by atoms with Crippen LogP contribution in [0.25, 0.3) is 66.1 Å². The van der Waals surface area contributed by atoms with Crippen LogP contribution < -0.4 is 25.6 Å². The maximum absolute atomic E-state index is 6.82. The van der Waals surface area contributed by atoms with E-state index in [1.54, 1.807) is 0 Å². The van der Waals surface area contributed by atoms with Gasteiger partial charge in [0.2, 0.25) is 0 Å². The Morgan fingerprint density at radius 3 is 1.94 bits per heavy atom. The van der Waals surface area contributed by atoms with E-state index in [0.29, 0.717) is 0 Å². The number of rotatable bonds is 4. The zero-order chi connectivity index (χ0) is 36.3. The van der Waals surface area contributed by atoms with Gasteiger partial charge in [-0.25, -0.2) is 0 Å². The molecule has 3 heterocycles. The van der Waals surface area contributed by atoms with E-state index in [2.05, 4.69) is 195 Å². The van der Waals surface area contributed by atoms with Gasteiger partial charge in [-0.1, -0.05) is 148 Å². The third kappa shape index (κ3) is 4.38. The predicted octanol–water partition coefficient (Wildman–Crippen LogP) is 11.5. The SMILES string of the molecule is C[Si]1(C)c2ccccc2-c2cc(N(c3ccc(-c4ccc5ccccc5c4)cc3)c3cccc4c3-c3c(ccc5c3oc3ccccc35)[Si]4(C)C)ccc21. The molecule has 8 aromatic carbocycles. The molecule has 258 valence electrons. The number of benzene rings is 8. The molecule has 1 aromatic heterocycles. The summed E-state index contributed by atoms with van der Waals surface area (Å²) in [6.45, 7) is 9.98. The second-order valence-electron chi connectivity index (χ2n) is 16.1. The summed E-state index contributed by atoms with van der Waals surface area (Å²) in [6, 6.07) is 61.1. The third-order valence-electron chi connectivity index (χ3n) is 12.5. The zero-order valence-electron chi connectivity index (χ0n) is 30.9. The average molecular weight is 726 g/mol. The maximum Gasteiger partial charge on any atom is 0.143 e. The van der Waals surface area contributed by atoms with Gasteiger partial charge in [-0.2, -0.15) is 0 Å². The summed E-state index contributed by atoms with van der Waals surface area (Å²) in [4.78, 5) is 2.51. The first-order valence-corrected chi connectivity index (χ1v) is 25.0. The molecule has 0 unspecified atom stereocenters. The number of anilines is 3. The molecule has 11 rings (SSSR count). The molecule has 0 bridgehead atoms. The molecule has 0 radical (unpaired) electrons. The monoisotopic (exact) mass is 725 g/mol. The lowest BCUT2D eigenvalue weighted by atomic mass is 9.98. The maximum atomic E-state index is 6.82. The highest BCUT2D eigenvalue weighted by molar-refractivity contribution is 7.04. The topological polar surface area (TPSA) is 16.4 Å². The lowest BCUT2D eigenvalue weighted by Gasteiger charge is -2.29. The highest BCUT2D eigenvalue weighted by Crippen LogP contribution is 2.47. The Balaban J connectivity index is 1.15. The van der Waals surface area contributed by atoms with E-state index in [9.17, 15) is 0 Å². The molecule has 54 heavy (non-hydrogen) atoms. The van der Waals surface area contributed by atoms with Crippen LogP contribution in [0.4, 0.5) is 17.1 Å². The fraction of sp³-hybridized carbons (Fsp3) is 0.0800. The van der Waals surface area contributed by atoms with Gasteiger partial charge in [0.25, 0.3) is 0 Å². The summed E-state index contributed by atoms with van der Waals surface area (Å²) in [5.41, 5.74) is 13.2. The van der Waals surface area contributed by atoms with Crippen LogP contribution in [-0.4, -0.2) is 16.1 Å². The predicted molar refractivity (Wildman–Crippen MR) is 236 cm³/mol. The zero-order valence-corrected chi connectivity index (χ0v) is 32.9. The molecule has 2 aliphatic rings. The first kappa shape index (κ1) is 31.6. The molecule has 4 heteroatoms. The average Bonchev–Trinajstić information content (AvgIpc) is 3.78.